The van der Waals surface area contributed by atoms with Gasteiger partial charge in [-0.05, 0) is 43.4 Å². The van der Waals surface area contributed by atoms with Crippen LogP contribution in [0.2, 0.25) is 0 Å². The Morgan fingerprint density at radius 3 is 2.33 bits per heavy atom. The van der Waals surface area contributed by atoms with Crippen molar-refractivity contribution < 1.29 is 27.2 Å². The average molecular weight is 505 g/mol. The van der Waals surface area contributed by atoms with E-state index in [1.807, 2.05) is 36.4 Å². The number of carbonyl (C=O) groups excluding carboxylic acids is 2. The Bertz CT molecular complexity index is 1160. The highest BCUT2D eigenvalue weighted by molar-refractivity contribution is 5.95. The van der Waals surface area contributed by atoms with Crippen molar-refractivity contribution >= 4 is 23.6 Å². The number of hydrogen-bond donors (Lipinski definition) is 0. The quantitative estimate of drug-likeness (QED) is 0.584. The molecule has 2 amide bonds. The third kappa shape index (κ3) is 5.38. The molecule has 2 aliphatic rings. The van der Waals surface area contributed by atoms with E-state index in [1.165, 1.54) is 31.1 Å². The molecule has 0 unspecified atom stereocenters. The first-order valence-electron chi connectivity index (χ1n) is 11.7. The number of alkyl halides is 3. The van der Waals surface area contributed by atoms with Crippen molar-refractivity contribution in [3.8, 4) is 0 Å². The standard InChI is InChI=1S/C26H28F4N4O2/c1-31(2)23(26(28,29)30)25(36)33-14-12-32(13-15-33)24(35)20-16-18(9-10-21(20)27)17-34-11-5-7-19-6-3-4-8-22(19)34/h3-10,16,23H,11-15,17H2,1-2H3/t23-/m1/s1. The third-order valence-electron chi connectivity index (χ3n) is 6.47. The van der Waals surface area contributed by atoms with Crippen LogP contribution in [-0.4, -0.2) is 85.6 Å². The Morgan fingerprint density at radius 1 is 1.00 bits per heavy atom. The number of hydrogen-bond acceptors (Lipinski definition) is 4. The Labute approximate surface area is 207 Å². The van der Waals surface area contributed by atoms with Gasteiger partial charge < -0.3 is 14.7 Å². The largest absolute Gasteiger partial charge is 0.412 e. The maximum atomic E-state index is 14.7. The smallest absolute Gasteiger partial charge is 0.363 e. The maximum Gasteiger partial charge on any atom is 0.412 e. The Balaban J connectivity index is 1.43. The molecule has 1 saturated heterocycles. The van der Waals surface area contributed by atoms with E-state index >= 15 is 0 Å². The van der Waals surface area contributed by atoms with Crippen LogP contribution < -0.4 is 4.90 Å². The predicted molar refractivity (Wildman–Crippen MR) is 129 cm³/mol. The van der Waals surface area contributed by atoms with Gasteiger partial charge in [0.05, 0.1) is 5.56 Å². The molecule has 2 aliphatic heterocycles. The van der Waals surface area contributed by atoms with Gasteiger partial charge in [0.15, 0.2) is 6.04 Å². The summed E-state index contributed by atoms with van der Waals surface area (Å²) in [4.78, 5) is 31.1. The third-order valence-corrected chi connectivity index (χ3v) is 6.47. The number of anilines is 1. The Morgan fingerprint density at radius 2 is 1.67 bits per heavy atom. The van der Waals surface area contributed by atoms with Gasteiger partial charge in [-0.2, -0.15) is 13.2 Å². The second-order valence-electron chi connectivity index (χ2n) is 9.18. The zero-order chi connectivity index (χ0) is 26.0. The lowest BCUT2D eigenvalue weighted by Crippen LogP contribution is -2.58. The first kappa shape index (κ1) is 25.7. The van der Waals surface area contributed by atoms with Gasteiger partial charge in [-0.25, -0.2) is 4.39 Å². The highest BCUT2D eigenvalue weighted by Crippen LogP contribution is 2.28. The van der Waals surface area contributed by atoms with Gasteiger partial charge in [-0.1, -0.05) is 36.4 Å². The molecule has 0 radical (unpaired) electrons. The molecule has 192 valence electrons. The van der Waals surface area contributed by atoms with Crippen LogP contribution in [0.4, 0.5) is 23.2 Å². The summed E-state index contributed by atoms with van der Waals surface area (Å²) in [6.07, 6.45) is -0.620. The molecule has 0 bridgehead atoms. The first-order chi connectivity index (χ1) is 17.1. The van der Waals surface area contributed by atoms with Crippen LogP contribution in [0.25, 0.3) is 6.08 Å². The van der Waals surface area contributed by atoms with Crippen molar-refractivity contribution in [2.45, 2.75) is 18.8 Å². The molecule has 1 atom stereocenters. The monoisotopic (exact) mass is 504 g/mol. The van der Waals surface area contributed by atoms with Crippen LogP contribution in [0, 0.1) is 5.82 Å². The summed E-state index contributed by atoms with van der Waals surface area (Å²) in [5, 5.41) is 0. The van der Waals surface area contributed by atoms with Crippen LogP contribution >= 0.6 is 0 Å². The van der Waals surface area contributed by atoms with Crippen LogP contribution in [-0.2, 0) is 11.3 Å². The molecule has 0 aromatic heterocycles. The molecule has 1 fully saturated rings. The fourth-order valence-corrected chi connectivity index (χ4v) is 4.65. The molecule has 0 aliphatic carbocycles. The summed E-state index contributed by atoms with van der Waals surface area (Å²) in [7, 11) is 2.40. The molecule has 2 aromatic carbocycles. The lowest BCUT2D eigenvalue weighted by molar-refractivity contribution is -0.191. The fourth-order valence-electron chi connectivity index (χ4n) is 4.65. The number of para-hydroxylation sites is 1. The van der Waals surface area contributed by atoms with Crippen molar-refractivity contribution in [1.82, 2.24) is 14.7 Å². The van der Waals surface area contributed by atoms with Gasteiger partial charge in [-0.3, -0.25) is 14.5 Å². The van der Waals surface area contributed by atoms with Crippen LogP contribution in [0.5, 0.6) is 0 Å². The van der Waals surface area contributed by atoms with Gasteiger partial charge in [0.2, 0.25) is 5.91 Å². The summed E-state index contributed by atoms with van der Waals surface area (Å²) < 4.78 is 54.7. The fraction of sp³-hybridized carbons (Fsp3) is 0.385. The van der Waals surface area contributed by atoms with Gasteiger partial charge in [0.1, 0.15) is 5.82 Å². The van der Waals surface area contributed by atoms with Gasteiger partial charge in [0.25, 0.3) is 5.91 Å². The number of nitrogens with zero attached hydrogens (tertiary/aromatic N) is 4. The number of likely N-dealkylation sites (N-methyl/N-ethyl adjacent to an activating group) is 1. The second-order valence-corrected chi connectivity index (χ2v) is 9.18. The van der Waals surface area contributed by atoms with Crippen LogP contribution in [0.15, 0.2) is 48.5 Å². The minimum Gasteiger partial charge on any atom is -0.363 e. The normalized spacial score (nSPS) is 16.8. The van der Waals surface area contributed by atoms with E-state index in [0.29, 0.717) is 13.1 Å². The SMILES string of the molecule is CN(C)[C@H](C(=O)N1CCN(C(=O)c2cc(CN3CC=Cc4ccccc43)ccc2F)CC1)C(F)(F)F. The molecule has 0 saturated carbocycles. The van der Waals surface area contributed by atoms with Crippen LogP contribution in [0.3, 0.4) is 0 Å². The van der Waals surface area contributed by atoms with E-state index in [0.717, 1.165) is 26.6 Å². The number of carbonyl (C=O) groups is 2. The highest BCUT2D eigenvalue weighted by atomic mass is 19.4. The van der Waals surface area contributed by atoms with E-state index in [-0.39, 0.29) is 31.7 Å². The van der Waals surface area contributed by atoms with E-state index in [9.17, 15) is 27.2 Å². The van der Waals surface area contributed by atoms with Crippen molar-refractivity contribution in [1.29, 1.82) is 0 Å². The molecular weight excluding hydrogens is 476 g/mol. The molecule has 10 heteroatoms. The number of amides is 2. The van der Waals surface area contributed by atoms with Crippen molar-refractivity contribution in [3.63, 3.8) is 0 Å². The summed E-state index contributed by atoms with van der Waals surface area (Å²) in [6, 6.07) is 10.1. The predicted octanol–water partition coefficient (Wildman–Crippen LogP) is 3.64. The van der Waals surface area contributed by atoms with Crippen molar-refractivity contribution in [2.24, 2.45) is 0 Å². The molecular formula is C26H28F4N4O2. The van der Waals surface area contributed by atoms with Gasteiger partial charge >= 0.3 is 6.18 Å². The molecule has 6 nitrogen and oxygen atoms in total. The summed E-state index contributed by atoms with van der Waals surface area (Å²) in [6.45, 7) is 1.10. The van der Waals surface area contributed by atoms with Crippen molar-refractivity contribution in [3.05, 3.63) is 71.0 Å². The number of benzene rings is 2. The van der Waals surface area contributed by atoms with Gasteiger partial charge in [-0.15, -0.1) is 0 Å². The number of fused-ring (bicyclic) bond motifs is 1. The van der Waals surface area contributed by atoms with E-state index in [4.69, 9.17) is 0 Å². The van der Waals surface area contributed by atoms with Gasteiger partial charge in [0, 0.05) is 45.0 Å². The number of piperazine rings is 1. The zero-order valence-electron chi connectivity index (χ0n) is 20.1. The summed E-state index contributed by atoms with van der Waals surface area (Å²) in [5.74, 6) is -2.25. The lowest BCUT2D eigenvalue weighted by atomic mass is 10.0. The maximum absolute atomic E-state index is 14.7. The molecule has 0 N–H and O–H groups in total. The van der Waals surface area contributed by atoms with Crippen molar-refractivity contribution in [2.75, 3.05) is 51.7 Å². The minimum atomic E-state index is -4.71. The minimum absolute atomic E-state index is 0.0243. The Hall–Kier alpha value is -3.40. The first-order valence-corrected chi connectivity index (χ1v) is 11.7. The second kappa shape index (κ2) is 10.3. The van der Waals surface area contributed by atoms with E-state index < -0.39 is 29.8 Å². The molecule has 36 heavy (non-hydrogen) atoms. The zero-order valence-corrected chi connectivity index (χ0v) is 20.1. The Kier molecular flexibility index (Phi) is 7.35. The highest BCUT2D eigenvalue weighted by Gasteiger charge is 2.48. The topological polar surface area (TPSA) is 47.1 Å². The van der Waals surface area contributed by atoms with E-state index in [1.54, 1.807) is 6.07 Å². The molecule has 2 aromatic rings. The molecule has 4 rings (SSSR count). The van der Waals surface area contributed by atoms with Crippen LogP contribution in [0.1, 0.15) is 21.5 Å². The summed E-state index contributed by atoms with van der Waals surface area (Å²) in [5.41, 5.74) is 2.80. The van der Waals surface area contributed by atoms with E-state index in [2.05, 4.69) is 4.90 Å². The summed E-state index contributed by atoms with van der Waals surface area (Å²) >= 11 is 0. The molecule has 2 heterocycles. The number of rotatable bonds is 5. The molecule has 0 spiro atoms. The average Bonchev–Trinajstić information content (AvgIpc) is 2.84. The lowest BCUT2D eigenvalue weighted by Gasteiger charge is -2.38. The number of halogens is 4.